The molecule has 0 fully saturated rings. The maximum Gasteiger partial charge on any atom is 0.167 e. The van der Waals surface area contributed by atoms with Gasteiger partial charge in [0.1, 0.15) is 5.75 Å². The smallest absolute Gasteiger partial charge is 0.167 e. The molecule has 0 atom stereocenters. The second kappa shape index (κ2) is 14.7. The van der Waals surface area contributed by atoms with Gasteiger partial charge in [-0.3, -0.25) is 0 Å². The number of rotatable bonds is 5. The molecular formula is C20H21Br3Cl2O4. The predicted molar refractivity (Wildman–Crippen MR) is 131 cm³/mol. The topological polar surface area (TPSA) is 51.8 Å². The van der Waals surface area contributed by atoms with E-state index in [2.05, 4.69) is 47.8 Å². The maximum atomic E-state index is 8.94. The maximum absolute atomic E-state index is 8.94. The third-order valence-electron chi connectivity index (χ3n) is 3.25. The van der Waals surface area contributed by atoms with Crippen molar-refractivity contribution >= 4 is 82.0 Å². The van der Waals surface area contributed by atoms with Crippen LogP contribution in [0.2, 0.25) is 10.0 Å². The molecule has 3 rings (SSSR count). The monoisotopic (exact) mass is 632 g/mol. The van der Waals surface area contributed by atoms with Crippen molar-refractivity contribution < 1.29 is 19.0 Å². The van der Waals surface area contributed by atoms with Crippen molar-refractivity contribution in [1.82, 2.24) is 0 Å². The van der Waals surface area contributed by atoms with Gasteiger partial charge in [-0.05, 0) is 50.2 Å². The first-order valence-electron chi connectivity index (χ1n) is 8.58. The van der Waals surface area contributed by atoms with Gasteiger partial charge in [0.15, 0.2) is 11.9 Å². The van der Waals surface area contributed by atoms with Crippen LogP contribution in [-0.4, -0.2) is 29.9 Å². The van der Waals surface area contributed by atoms with Crippen molar-refractivity contribution in [2.75, 3.05) is 18.5 Å². The fourth-order valence-corrected chi connectivity index (χ4v) is 3.48. The predicted octanol–water partition coefficient (Wildman–Crippen LogP) is 8.44. The van der Waals surface area contributed by atoms with E-state index in [-0.39, 0.29) is 12.0 Å². The third kappa shape index (κ3) is 9.59. The van der Waals surface area contributed by atoms with E-state index in [1.807, 2.05) is 26.0 Å². The highest BCUT2D eigenvalue weighted by Gasteiger charge is 2.04. The summed E-state index contributed by atoms with van der Waals surface area (Å²) in [7, 11) is 0. The number of furan rings is 1. The number of hydrogen-bond acceptors (Lipinski definition) is 4. The highest BCUT2D eigenvalue weighted by molar-refractivity contribution is 9.11. The summed E-state index contributed by atoms with van der Waals surface area (Å²) in [4.78, 5) is 0. The van der Waals surface area contributed by atoms with Crippen molar-refractivity contribution in [1.29, 1.82) is 0 Å². The molecule has 1 heterocycles. The van der Waals surface area contributed by atoms with Gasteiger partial charge in [0, 0.05) is 27.5 Å². The molecule has 0 saturated carbocycles. The van der Waals surface area contributed by atoms with Crippen LogP contribution >= 0.6 is 71.0 Å². The Balaban J connectivity index is 0.000000220. The molecule has 160 valence electrons. The molecule has 0 spiro atoms. The van der Waals surface area contributed by atoms with E-state index in [0.717, 1.165) is 25.2 Å². The molecule has 0 radical (unpaired) electrons. The van der Waals surface area contributed by atoms with Gasteiger partial charge >= 0.3 is 0 Å². The summed E-state index contributed by atoms with van der Waals surface area (Å²) in [6.07, 6.45) is 1.56. The Morgan fingerprint density at radius 2 is 1.62 bits per heavy atom. The fraction of sp³-hybridized carbons (Fsp3) is 0.300. The van der Waals surface area contributed by atoms with Crippen LogP contribution in [0.25, 0.3) is 11.0 Å². The van der Waals surface area contributed by atoms with E-state index in [1.54, 1.807) is 30.5 Å². The van der Waals surface area contributed by atoms with Crippen molar-refractivity contribution in [3.05, 3.63) is 61.7 Å². The van der Waals surface area contributed by atoms with Crippen LogP contribution in [0.4, 0.5) is 0 Å². The highest BCUT2D eigenvalue weighted by Crippen LogP contribution is 2.30. The zero-order valence-electron chi connectivity index (χ0n) is 15.8. The Hall–Kier alpha value is -0.280. The zero-order valence-corrected chi connectivity index (χ0v) is 22.1. The number of fused-ring (bicyclic) bond motifs is 1. The molecule has 0 aliphatic carbocycles. The summed E-state index contributed by atoms with van der Waals surface area (Å²) in [5, 5.41) is 11.7. The quantitative estimate of drug-likeness (QED) is 0.226. The van der Waals surface area contributed by atoms with E-state index in [1.165, 1.54) is 0 Å². The Labute approximate surface area is 205 Å². The first kappa shape index (κ1) is 26.8. The highest BCUT2D eigenvalue weighted by atomic mass is 79.9. The minimum absolute atomic E-state index is 0.0694. The standard InChI is InChI=1S/C8H4BrClO.C6H4BrClO.C6H13BrO2/c9-6-1-2-7(10)8-5(6)3-4-11-8;7-4-1-2-5(8)6(9)3-4;1-3-8-6(5-7)9-4-2/h1-4H;1-3,9H;6H,3-5H2,1-2H3. The van der Waals surface area contributed by atoms with E-state index in [9.17, 15) is 0 Å². The number of benzene rings is 2. The second-order valence-electron chi connectivity index (χ2n) is 5.28. The first-order valence-corrected chi connectivity index (χ1v) is 12.0. The van der Waals surface area contributed by atoms with Crippen LogP contribution in [0.1, 0.15) is 13.8 Å². The molecule has 29 heavy (non-hydrogen) atoms. The van der Waals surface area contributed by atoms with Crippen LogP contribution in [0.15, 0.2) is 56.0 Å². The third-order valence-corrected chi connectivity index (χ3v) is 5.59. The van der Waals surface area contributed by atoms with Gasteiger partial charge < -0.3 is 19.0 Å². The SMILES string of the molecule is CCOC(CBr)OCC.Clc1ccc(Br)c2ccoc12.Oc1cc(Br)ccc1Cl. The molecule has 4 nitrogen and oxygen atoms in total. The van der Waals surface area contributed by atoms with Gasteiger partial charge in [-0.1, -0.05) is 71.0 Å². The molecular weight excluding hydrogens is 615 g/mol. The van der Waals surface area contributed by atoms with Gasteiger partial charge in [0.05, 0.1) is 21.6 Å². The summed E-state index contributed by atoms with van der Waals surface area (Å²) in [5.74, 6) is 0.103. The molecule has 2 aromatic carbocycles. The van der Waals surface area contributed by atoms with Crippen LogP contribution in [-0.2, 0) is 9.47 Å². The van der Waals surface area contributed by atoms with Gasteiger partial charge in [-0.25, -0.2) is 0 Å². The molecule has 0 aliphatic heterocycles. The molecule has 0 bridgehead atoms. The lowest BCUT2D eigenvalue weighted by Crippen LogP contribution is -2.18. The number of aromatic hydroxyl groups is 1. The number of hydrogen-bond donors (Lipinski definition) is 1. The van der Waals surface area contributed by atoms with Crippen LogP contribution in [0.5, 0.6) is 5.75 Å². The minimum atomic E-state index is -0.0694. The number of phenolic OH excluding ortho intramolecular Hbond substituents is 1. The largest absolute Gasteiger partial charge is 0.506 e. The number of phenols is 1. The van der Waals surface area contributed by atoms with Crippen LogP contribution in [0.3, 0.4) is 0 Å². The van der Waals surface area contributed by atoms with Gasteiger partial charge in [-0.2, -0.15) is 0 Å². The average Bonchev–Trinajstić information content (AvgIpc) is 3.20. The lowest BCUT2D eigenvalue weighted by atomic mass is 10.3. The molecule has 3 aromatic rings. The second-order valence-corrected chi connectivity index (χ2v) is 8.51. The molecule has 1 aromatic heterocycles. The summed E-state index contributed by atoms with van der Waals surface area (Å²) in [5.41, 5.74) is 0.737. The molecule has 1 N–H and O–H groups in total. The van der Waals surface area contributed by atoms with E-state index < -0.39 is 0 Å². The summed E-state index contributed by atoms with van der Waals surface area (Å²) in [6, 6.07) is 10.5. The molecule has 0 amide bonds. The van der Waals surface area contributed by atoms with Crippen molar-refractivity contribution in [2.24, 2.45) is 0 Å². The molecule has 9 heteroatoms. The Morgan fingerprint density at radius 3 is 2.10 bits per heavy atom. The number of alkyl halides is 1. The number of ether oxygens (including phenoxy) is 2. The van der Waals surface area contributed by atoms with Gasteiger partial charge in [-0.15, -0.1) is 0 Å². The van der Waals surface area contributed by atoms with Crippen LogP contribution < -0.4 is 0 Å². The zero-order chi connectivity index (χ0) is 21.8. The van der Waals surface area contributed by atoms with E-state index >= 15 is 0 Å². The van der Waals surface area contributed by atoms with E-state index in [0.29, 0.717) is 23.3 Å². The summed E-state index contributed by atoms with van der Waals surface area (Å²) < 4.78 is 17.3. The Bertz CT molecular complexity index is 832. The lowest BCUT2D eigenvalue weighted by molar-refractivity contribution is -0.119. The minimum Gasteiger partial charge on any atom is -0.506 e. The fourth-order valence-electron chi connectivity index (χ4n) is 1.99. The van der Waals surface area contributed by atoms with Crippen molar-refractivity contribution in [3.63, 3.8) is 0 Å². The molecule has 0 unspecified atom stereocenters. The number of halogens is 5. The Kier molecular flexibility index (Phi) is 13.5. The molecule has 0 saturated heterocycles. The summed E-state index contributed by atoms with van der Waals surface area (Å²) in [6.45, 7) is 5.32. The van der Waals surface area contributed by atoms with Crippen molar-refractivity contribution in [2.45, 2.75) is 20.1 Å². The normalized spacial score (nSPS) is 10.3. The van der Waals surface area contributed by atoms with Gasteiger partial charge in [0.2, 0.25) is 0 Å². The first-order chi connectivity index (χ1) is 13.8. The summed E-state index contributed by atoms with van der Waals surface area (Å²) >= 11 is 21.2. The average molecular weight is 636 g/mol. The van der Waals surface area contributed by atoms with Crippen LogP contribution in [0, 0.1) is 0 Å². The molecule has 0 aliphatic rings. The van der Waals surface area contributed by atoms with Gasteiger partial charge in [0.25, 0.3) is 0 Å². The van der Waals surface area contributed by atoms with Crippen molar-refractivity contribution in [3.8, 4) is 5.75 Å². The Morgan fingerprint density at radius 1 is 1.00 bits per heavy atom. The van der Waals surface area contributed by atoms with E-state index in [4.69, 9.17) is 42.2 Å². The lowest BCUT2D eigenvalue weighted by Gasteiger charge is -2.12.